The van der Waals surface area contributed by atoms with Crippen LogP contribution in [0.15, 0.2) is 6.33 Å². The first-order valence-electron chi connectivity index (χ1n) is 5.07. The van der Waals surface area contributed by atoms with Gasteiger partial charge in [-0.2, -0.15) is 0 Å². The number of anilines is 1. The standard InChI is InChI=1S/C10H14FN3O3/c1-3-6-8(11)9(13-5-12-6)14-7(4-17-2)10(15)16/h5,7H,3-4H2,1-2H3,(H,15,16)(H,12,13,14). The number of aliphatic carboxylic acids is 1. The van der Waals surface area contributed by atoms with Gasteiger partial charge in [-0.25, -0.2) is 19.2 Å². The van der Waals surface area contributed by atoms with Crippen LogP contribution >= 0.6 is 0 Å². The minimum absolute atomic E-state index is 0.0831. The van der Waals surface area contributed by atoms with Crippen LogP contribution in [0.1, 0.15) is 12.6 Å². The van der Waals surface area contributed by atoms with Crippen molar-refractivity contribution in [3.05, 3.63) is 17.8 Å². The van der Waals surface area contributed by atoms with E-state index in [0.717, 1.165) is 0 Å². The molecule has 0 spiro atoms. The molecule has 1 atom stereocenters. The molecule has 0 bridgehead atoms. The summed E-state index contributed by atoms with van der Waals surface area (Å²) < 4.78 is 18.4. The number of carboxylic acid groups (broad SMARTS) is 1. The molecule has 0 amide bonds. The van der Waals surface area contributed by atoms with Crippen LogP contribution in [0.25, 0.3) is 0 Å². The number of nitrogens with zero attached hydrogens (tertiary/aromatic N) is 2. The molecule has 94 valence electrons. The number of aryl methyl sites for hydroxylation is 1. The van der Waals surface area contributed by atoms with Crippen molar-refractivity contribution in [1.29, 1.82) is 0 Å². The lowest BCUT2D eigenvalue weighted by atomic mass is 10.2. The fraction of sp³-hybridized carbons (Fsp3) is 0.500. The van der Waals surface area contributed by atoms with Crippen LogP contribution in [0.5, 0.6) is 0 Å². The third-order valence-electron chi connectivity index (χ3n) is 2.14. The highest BCUT2D eigenvalue weighted by Crippen LogP contribution is 2.14. The zero-order valence-corrected chi connectivity index (χ0v) is 9.61. The quantitative estimate of drug-likeness (QED) is 0.764. The Balaban J connectivity index is 2.89. The van der Waals surface area contributed by atoms with Crippen LogP contribution in [-0.2, 0) is 16.0 Å². The number of ether oxygens (including phenoxy) is 1. The molecular formula is C10H14FN3O3. The maximum atomic E-state index is 13.7. The van der Waals surface area contributed by atoms with E-state index < -0.39 is 17.8 Å². The number of aromatic nitrogens is 2. The van der Waals surface area contributed by atoms with Crippen molar-refractivity contribution in [3.63, 3.8) is 0 Å². The van der Waals surface area contributed by atoms with Crippen molar-refractivity contribution in [3.8, 4) is 0 Å². The Morgan fingerprint density at radius 3 is 2.88 bits per heavy atom. The first-order valence-corrected chi connectivity index (χ1v) is 5.07. The molecule has 17 heavy (non-hydrogen) atoms. The van der Waals surface area contributed by atoms with Crippen LogP contribution in [0.3, 0.4) is 0 Å². The predicted molar refractivity (Wildman–Crippen MR) is 58.3 cm³/mol. The van der Waals surface area contributed by atoms with E-state index in [1.54, 1.807) is 6.92 Å². The maximum Gasteiger partial charge on any atom is 0.328 e. The van der Waals surface area contributed by atoms with E-state index in [0.29, 0.717) is 6.42 Å². The van der Waals surface area contributed by atoms with Crippen LogP contribution in [0, 0.1) is 5.82 Å². The Morgan fingerprint density at radius 2 is 2.35 bits per heavy atom. The molecule has 0 fully saturated rings. The average molecular weight is 243 g/mol. The molecule has 0 aliphatic heterocycles. The summed E-state index contributed by atoms with van der Waals surface area (Å²) in [4.78, 5) is 18.3. The molecule has 1 unspecified atom stereocenters. The number of hydrogen-bond donors (Lipinski definition) is 2. The third kappa shape index (κ3) is 3.35. The van der Waals surface area contributed by atoms with Gasteiger partial charge in [0, 0.05) is 7.11 Å². The minimum Gasteiger partial charge on any atom is -0.480 e. The van der Waals surface area contributed by atoms with Gasteiger partial charge < -0.3 is 15.2 Å². The van der Waals surface area contributed by atoms with Crippen molar-refractivity contribution in [2.45, 2.75) is 19.4 Å². The molecule has 0 saturated carbocycles. The smallest absolute Gasteiger partial charge is 0.328 e. The number of nitrogens with one attached hydrogen (secondary N) is 1. The molecule has 6 nitrogen and oxygen atoms in total. The number of rotatable bonds is 6. The summed E-state index contributed by atoms with van der Waals surface area (Å²) in [6.45, 7) is 1.67. The average Bonchev–Trinajstić information content (AvgIpc) is 2.30. The SMILES string of the molecule is CCc1ncnc(NC(COC)C(=O)O)c1F. The van der Waals surface area contributed by atoms with Gasteiger partial charge in [0.1, 0.15) is 12.4 Å². The first-order chi connectivity index (χ1) is 8.10. The second kappa shape index (κ2) is 6.09. The summed E-state index contributed by atoms with van der Waals surface area (Å²) in [5.74, 6) is -1.89. The number of hydrogen-bond acceptors (Lipinski definition) is 5. The number of carboxylic acids is 1. The first kappa shape index (κ1) is 13.3. The van der Waals surface area contributed by atoms with Crippen LogP contribution in [0.4, 0.5) is 10.2 Å². The van der Waals surface area contributed by atoms with Gasteiger partial charge >= 0.3 is 5.97 Å². The molecule has 7 heteroatoms. The Bertz CT molecular complexity index is 400. The van der Waals surface area contributed by atoms with Gasteiger partial charge in [0.15, 0.2) is 11.6 Å². The minimum atomic E-state index is -1.14. The van der Waals surface area contributed by atoms with Gasteiger partial charge in [-0.05, 0) is 6.42 Å². The van der Waals surface area contributed by atoms with Gasteiger partial charge in [0.05, 0.1) is 12.3 Å². The fourth-order valence-corrected chi connectivity index (χ4v) is 1.26. The lowest BCUT2D eigenvalue weighted by molar-refractivity contribution is -0.139. The van der Waals surface area contributed by atoms with E-state index in [1.165, 1.54) is 13.4 Å². The Hall–Kier alpha value is -1.76. The zero-order valence-electron chi connectivity index (χ0n) is 9.61. The van der Waals surface area contributed by atoms with E-state index in [9.17, 15) is 9.18 Å². The van der Waals surface area contributed by atoms with Crippen molar-refractivity contribution in [2.75, 3.05) is 19.0 Å². The Morgan fingerprint density at radius 1 is 1.65 bits per heavy atom. The van der Waals surface area contributed by atoms with Crippen molar-refractivity contribution >= 4 is 11.8 Å². The summed E-state index contributed by atoms with van der Waals surface area (Å²) in [7, 11) is 1.37. The second-order valence-electron chi connectivity index (χ2n) is 3.33. The summed E-state index contributed by atoms with van der Waals surface area (Å²) in [5, 5.41) is 11.3. The molecule has 0 aliphatic rings. The fourth-order valence-electron chi connectivity index (χ4n) is 1.26. The lowest BCUT2D eigenvalue weighted by Crippen LogP contribution is -2.34. The highest BCUT2D eigenvalue weighted by atomic mass is 19.1. The van der Waals surface area contributed by atoms with E-state index in [-0.39, 0.29) is 18.1 Å². The van der Waals surface area contributed by atoms with Crippen molar-refractivity contribution in [1.82, 2.24) is 9.97 Å². The largest absolute Gasteiger partial charge is 0.480 e. The summed E-state index contributed by atoms with van der Waals surface area (Å²) >= 11 is 0. The van der Waals surface area contributed by atoms with E-state index in [4.69, 9.17) is 9.84 Å². The summed E-state index contributed by atoms with van der Waals surface area (Å²) in [6.07, 6.45) is 1.60. The molecule has 1 heterocycles. The monoisotopic (exact) mass is 243 g/mol. The van der Waals surface area contributed by atoms with Gasteiger partial charge in [0.2, 0.25) is 0 Å². The Kier molecular flexibility index (Phi) is 4.77. The van der Waals surface area contributed by atoms with Crippen molar-refractivity contribution < 1.29 is 19.0 Å². The van der Waals surface area contributed by atoms with E-state index in [1.807, 2.05) is 0 Å². The van der Waals surface area contributed by atoms with Crippen LogP contribution < -0.4 is 5.32 Å². The van der Waals surface area contributed by atoms with Gasteiger partial charge in [-0.1, -0.05) is 6.92 Å². The summed E-state index contributed by atoms with van der Waals surface area (Å²) in [6, 6.07) is -1.05. The molecule has 0 aliphatic carbocycles. The molecule has 0 radical (unpaired) electrons. The lowest BCUT2D eigenvalue weighted by Gasteiger charge is -2.14. The van der Waals surface area contributed by atoms with Crippen molar-refractivity contribution in [2.24, 2.45) is 0 Å². The molecule has 1 rings (SSSR count). The topological polar surface area (TPSA) is 84.3 Å². The normalized spacial score (nSPS) is 12.2. The molecular weight excluding hydrogens is 229 g/mol. The maximum absolute atomic E-state index is 13.7. The van der Waals surface area contributed by atoms with E-state index >= 15 is 0 Å². The zero-order chi connectivity index (χ0) is 12.8. The van der Waals surface area contributed by atoms with Gasteiger partial charge in [-0.15, -0.1) is 0 Å². The second-order valence-corrected chi connectivity index (χ2v) is 3.33. The highest BCUT2D eigenvalue weighted by molar-refractivity contribution is 5.77. The van der Waals surface area contributed by atoms with Crippen LogP contribution in [0.2, 0.25) is 0 Å². The molecule has 0 saturated heterocycles. The molecule has 0 aromatic carbocycles. The van der Waals surface area contributed by atoms with Crippen LogP contribution in [-0.4, -0.2) is 40.8 Å². The number of methoxy groups -OCH3 is 1. The van der Waals surface area contributed by atoms with Gasteiger partial charge in [0.25, 0.3) is 0 Å². The number of carbonyl (C=O) groups is 1. The molecule has 2 N–H and O–H groups in total. The third-order valence-corrected chi connectivity index (χ3v) is 2.14. The van der Waals surface area contributed by atoms with E-state index in [2.05, 4.69) is 15.3 Å². The predicted octanol–water partition coefficient (Wildman–Crippen LogP) is 0.690. The summed E-state index contributed by atoms with van der Waals surface area (Å²) in [5.41, 5.74) is 0.240. The number of halogens is 1. The molecule has 1 aromatic heterocycles. The Labute approximate surface area is 97.8 Å². The highest BCUT2D eigenvalue weighted by Gasteiger charge is 2.20. The van der Waals surface area contributed by atoms with Gasteiger partial charge in [-0.3, -0.25) is 0 Å². The molecule has 1 aromatic rings.